The Balaban J connectivity index is 1.29. The Kier molecular flexibility index (Phi) is 6.07. The predicted octanol–water partition coefficient (Wildman–Crippen LogP) is 2.94. The number of benzene rings is 1. The summed E-state index contributed by atoms with van der Waals surface area (Å²) in [7, 11) is 3.98. The van der Waals surface area contributed by atoms with E-state index in [0.29, 0.717) is 31.1 Å². The molecule has 1 atom stereocenters. The Morgan fingerprint density at radius 2 is 1.70 bits per heavy atom. The van der Waals surface area contributed by atoms with E-state index in [-0.39, 0.29) is 11.9 Å². The number of nitrogens with zero attached hydrogens (tertiary/aromatic N) is 5. The number of pyridine rings is 2. The summed E-state index contributed by atoms with van der Waals surface area (Å²) in [6.45, 7) is 4.19. The average Bonchev–Trinajstić information content (AvgIpc) is 3.18. The summed E-state index contributed by atoms with van der Waals surface area (Å²) in [6.07, 6.45) is 3.53. The summed E-state index contributed by atoms with van der Waals surface area (Å²) >= 11 is 0. The van der Waals surface area contributed by atoms with E-state index in [9.17, 15) is 4.79 Å². The van der Waals surface area contributed by atoms with Gasteiger partial charge in [-0.15, -0.1) is 0 Å². The molecule has 2 aliphatic rings. The Labute approximate surface area is 194 Å². The zero-order valence-corrected chi connectivity index (χ0v) is 19.1. The van der Waals surface area contributed by atoms with Crippen LogP contribution >= 0.6 is 0 Å². The van der Waals surface area contributed by atoms with Crippen molar-refractivity contribution >= 4 is 5.91 Å². The standard InChI is InChI=1S/C26H29N5O2/c1-29(2)17-18-33-25-22(10-6-12-28-25)26(32)31-15-13-30(14-16-31)24-20-8-4-3-7-19(20)23-21(24)9-5-11-27-23/h3-12,24H,13-18H2,1-2H3. The fourth-order valence-corrected chi connectivity index (χ4v) is 4.72. The van der Waals surface area contributed by atoms with Crippen molar-refractivity contribution in [2.45, 2.75) is 6.04 Å². The van der Waals surface area contributed by atoms with Crippen LogP contribution in [0.15, 0.2) is 60.9 Å². The molecule has 3 aromatic rings. The highest BCUT2D eigenvalue weighted by molar-refractivity contribution is 5.96. The number of fused-ring (bicyclic) bond motifs is 3. The van der Waals surface area contributed by atoms with E-state index in [0.717, 1.165) is 25.3 Å². The van der Waals surface area contributed by atoms with E-state index in [1.54, 1.807) is 12.3 Å². The number of hydrogen-bond acceptors (Lipinski definition) is 6. The monoisotopic (exact) mass is 443 g/mol. The smallest absolute Gasteiger partial charge is 0.259 e. The van der Waals surface area contributed by atoms with Crippen molar-refractivity contribution in [2.24, 2.45) is 0 Å². The predicted molar refractivity (Wildman–Crippen MR) is 127 cm³/mol. The second-order valence-electron chi connectivity index (χ2n) is 8.77. The number of ether oxygens (including phenoxy) is 1. The first-order valence-electron chi connectivity index (χ1n) is 11.4. The third kappa shape index (κ3) is 4.21. The lowest BCUT2D eigenvalue weighted by Crippen LogP contribution is -2.49. The molecule has 0 saturated carbocycles. The first-order chi connectivity index (χ1) is 16.1. The minimum atomic E-state index is -0.0171. The molecule has 0 bridgehead atoms. The van der Waals surface area contributed by atoms with Crippen molar-refractivity contribution in [1.29, 1.82) is 0 Å². The highest BCUT2D eigenvalue weighted by Gasteiger charge is 2.36. The van der Waals surface area contributed by atoms with Crippen molar-refractivity contribution in [2.75, 3.05) is 53.4 Å². The Morgan fingerprint density at radius 1 is 0.970 bits per heavy atom. The van der Waals surface area contributed by atoms with Crippen LogP contribution in [-0.2, 0) is 0 Å². The second-order valence-corrected chi connectivity index (χ2v) is 8.77. The van der Waals surface area contributed by atoms with Crippen LogP contribution in [0.5, 0.6) is 5.88 Å². The van der Waals surface area contributed by atoms with Gasteiger partial charge in [0.15, 0.2) is 0 Å². The maximum atomic E-state index is 13.3. The fraction of sp³-hybridized carbons (Fsp3) is 0.346. The number of rotatable bonds is 6. The van der Waals surface area contributed by atoms with E-state index >= 15 is 0 Å². The summed E-state index contributed by atoms with van der Waals surface area (Å²) in [6, 6.07) is 16.5. The minimum absolute atomic E-state index is 0.0171. The number of piperazine rings is 1. The van der Waals surface area contributed by atoms with Crippen LogP contribution in [0.1, 0.15) is 27.5 Å². The maximum Gasteiger partial charge on any atom is 0.259 e. The van der Waals surface area contributed by atoms with E-state index < -0.39 is 0 Å². The minimum Gasteiger partial charge on any atom is -0.476 e. The first-order valence-corrected chi connectivity index (χ1v) is 11.4. The van der Waals surface area contributed by atoms with Crippen molar-refractivity contribution in [3.05, 3.63) is 77.6 Å². The summed E-state index contributed by atoms with van der Waals surface area (Å²) in [4.78, 5) is 28.7. The molecule has 3 heterocycles. The Morgan fingerprint density at radius 3 is 2.52 bits per heavy atom. The van der Waals surface area contributed by atoms with Crippen LogP contribution in [0.3, 0.4) is 0 Å². The number of carbonyl (C=O) groups excluding carboxylic acids is 1. The van der Waals surface area contributed by atoms with E-state index in [4.69, 9.17) is 4.74 Å². The van der Waals surface area contributed by atoms with Gasteiger partial charge < -0.3 is 14.5 Å². The lowest BCUT2D eigenvalue weighted by atomic mass is 10.0. The van der Waals surface area contributed by atoms with Gasteiger partial charge in [0.05, 0.1) is 11.7 Å². The molecule has 1 saturated heterocycles. The van der Waals surface area contributed by atoms with Crippen molar-refractivity contribution < 1.29 is 9.53 Å². The van der Waals surface area contributed by atoms with Crippen LogP contribution < -0.4 is 4.74 Å². The van der Waals surface area contributed by atoms with Crippen molar-refractivity contribution in [3.63, 3.8) is 0 Å². The van der Waals surface area contributed by atoms with Gasteiger partial charge in [-0.1, -0.05) is 30.3 Å². The lowest BCUT2D eigenvalue weighted by molar-refractivity contribution is 0.0594. The molecule has 5 rings (SSSR count). The van der Waals surface area contributed by atoms with Gasteiger partial charge in [0.25, 0.3) is 5.91 Å². The van der Waals surface area contributed by atoms with Crippen LogP contribution in [0.25, 0.3) is 11.3 Å². The van der Waals surface area contributed by atoms with Crippen molar-refractivity contribution in [3.8, 4) is 17.1 Å². The molecule has 1 aromatic carbocycles. The van der Waals surface area contributed by atoms with Crippen LogP contribution in [-0.4, -0.2) is 84.0 Å². The lowest BCUT2D eigenvalue weighted by Gasteiger charge is -2.38. The van der Waals surface area contributed by atoms with Crippen LogP contribution in [0.4, 0.5) is 0 Å². The molecule has 0 spiro atoms. The summed E-state index contributed by atoms with van der Waals surface area (Å²) in [5.41, 5.74) is 5.38. The van der Waals surface area contributed by atoms with Gasteiger partial charge in [0, 0.05) is 56.2 Å². The van der Waals surface area contributed by atoms with Gasteiger partial charge in [-0.25, -0.2) is 4.98 Å². The number of carbonyl (C=O) groups is 1. The molecule has 0 radical (unpaired) electrons. The van der Waals surface area contributed by atoms with Gasteiger partial charge in [-0.3, -0.25) is 14.7 Å². The molecule has 2 aromatic heterocycles. The molecule has 1 amide bonds. The molecular formula is C26H29N5O2. The van der Waals surface area contributed by atoms with Crippen molar-refractivity contribution in [1.82, 2.24) is 24.7 Å². The second kappa shape index (κ2) is 9.29. The van der Waals surface area contributed by atoms with Crippen LogP contribution in [0, 0.1) is 0 Å². The van der Waals surface area contributed by atoms with Crippen LogP contribution in [0.2, 0.25) is 0 Å². The fourth-order valence-electron chi connectivity index (χ4n) is 4.72. The number of hydrogen-bond donors (Lipinski definition) is 0. The SMILES string of the molecule is CN(C)CCOc1ncccc1C(=O)N1CCN(C2c3ccccc3-c3ncccc32)CC1. The molecule has 1 aliphatic heterocycles. The third-order valence-electron chi connectivity index (χ3n) is 6.39. The normalized spacial score (nSPS) is 17.7. The Bertz CT molecular complexity index is 1100. The van der Waals surface area contributed by atoms with Gasteiger partial charge in [-0.05, 0) is 37.9 Å². The van der Waals surface area contributed by atoms with E-state index in [2.05, 4.69) is 45.2 Å². The van der Waals surface area contributed by atoms with Gasteiger partial charge >= 0.3 is 0 Å². The van der Waals surface area contributed by atoms with E-state index in [1.165, 1.54) is 16.7 Å². The summed E-state index contributed by atoms with van der Waals surface area (Å²) < 4.78 is 5.82. The van der Waals surface area contributed by atoms with Gasteiger partial charge in [0.1, 0.15) is 12.2 Å². The molecule has 1 unspecified atom stereocenters. The average molecular weight is 444 g/mol. The Hall–Kier alpha value is -3.29. The third-order valence-corrected chi connectivity index (χ3v) is 6.39. The molecule has 1 fully saturated rings. The number of amides is 1. The van der Waals surface area contributed by atoms with Gasteiger partial charge in [0.2, 0.25) is 5.88 Å². The maximum absolute atomic E-state index is 13.3. The topological polar surface area (TPSA) is 61.8 Å². The highest BCUT2D eigenvalue weighted by Crippen LogP contribution is 2.45. The number of likely N-dealkylation sites (N-methyl/N-ethyl adjacent to an activating group) is 1. The molecule has 7 nitrogen and oxygen atoms in total. The summed E-state index contributed by atoms with van der Waals surface area (Å²) in [5.74, 6) is 0.396. The molecule has 0 N–H and O–H groups in total. The molecule has 170 valence electrons. The van der Waals surface area contributed by atoms with E-state index in [1.807, 2.05) is 42.2 Å². The molecular weight excluding hydrogens is 414 g/mol. The molecule has 33 heavy (non-hydrogen) atoms. The zero-order chi connectivity index (χ0) is 22.8. The van der Waals surface area contributed by atoms with Gasteiger partial charge in [-0.2, -0.15) is 0 Å². The first kappa shape index (κ1) is 21.6. The largest absolute Gasteiger partial charge is 0.476 e. The zero-order valence-electron chi connectivity index (χ0n) is 19.1. The highest BCUT2D eigenvalue weighted by atomic mass is 16.5. The quantitative estimate of drug-likeness (QED) is 0.584. The molecule has 1 aliphatic carbocycles. The summed E-state index contributed by atoms with van der Waals surface area (Å²) in [5, 5.41) is 0. The molecule has 7 heteroatoms. The number of aromatic nitrogens is 2.